The Kier molecular flexibility index (Phi) is 10.6. The number of halogens is 1. The van der Waals surface area contributed by atoms with Crippen molar-refractivity contribution in [3.63, 3.8) is 0 Å². The largest absolute Gasteiger partial charge is 0.450 e. The van der Waals surface area contributed by atoms with Gasteiger partial charge >= 0.3 is 6.09 Å². The Balaban J connectivity index is 0.00000392. The molecule has 8 nitrogen and oxygen atoms in total. The zero-order valence-corrected chi connectivity index (χ0v) is 19.1. The summed E-state index contributed by atoms with van der Waals surface area (Å²) < 4.78 is 5.06. The summed E-state index contributed by atoms with van der Waals surface area (Å²) in [5, 5.41) is 5.92. The van der Waals surface area contributed by atoms with Crippen molar-refractivity contribution >= 4 is 41.9 Å². The topological polar surface area (TPSA) is 86.3 Å². The number of hydrogen-bond donors (Lipinski definition) is 2. The monoisotopic (exact) mass is 503 g/mol. The molecular weight excluding hydrogens is 473 g/mol. The van der Waals surface area contributed by atoms with E-state index < -0.39 is 0 Å². The molecule has 1 aromatic rings. The van der Waals surface area contributed by atoms with Gasteiger partial charge in [-0.05, 0) is 31.5 Å². The van der Waals surface area contributed by atoms with E-state index in [1.807, 2.05) is 26.0 Å². The third-order valence-corrected chi connectivity index (χ3v) is 4.29. The van der Waals surface area contributed by atoms with Gasteiger partial charge in [0.15, 0.2) is 5.96 Å². The van der Waals surface area contributed by atoms with E-state index in [0.717, 1.165) is 18.1 Å². The zero-order valence-electron chi connectivity index (χ0n) is 16.7. The van der Waals surface area contributed by atoms with Crippen LogP contribution in [0.2, 0.25) is 0 Å². The average molecular weight is 503 g/mol. The van der Waals surface area contributed by atoms with Crippen LogP contribution in [0.4, 0.5) is 4.79 Å². The lowest BCUT2D eigenvalue weighted by Gasteiger charge is -2.35. The van der Waals surface area contributed by atoms with E-state index in [-0.39, 0.29) is 36.0 Å². The van der Waals surface area contributed by atoms with Crippen LogP contribution in [0.25, 0.3) is 0 Å². The van der Waals surface area contributed by atoms with Crippen molar-refractivity contribution < 1.29 is 14.3 Å². The van der Waals surface area contributed by atoms with E-state index in [0.29, 0.717) is 44.9 Å². The third-order valence-electron chi connectivity index (χ3n) is 4.29. The second-order valence-corrected chi connectivity index (χ2v) is 6.12. The SMILES string of the molecule is CCNC(=NCc1ccc(C(=O)NC)cc1)N1CCN(C(=O)OCC)CC1.I. The molecule has 0 bridgehead atoms. The highest BCUT2D eigenvalue weighted by molar-refractivity contribution is 14.0. The molecule has 0 unspecified atom stereocenters. The minimum Gasteiger partial charge on any atom is -0.450 e. The van der Waals surface area contributed by atoms with E-state index in [9.17, 15) is 9.59 Å². The summed E-state index contributed by atoms with van der Waals surface area (Å²) in [5.41, 5.74) is 1.66. The van der Waals surface area contributed by atoms with Crippen LogP contribution >= 0.6 is 24.0 Å². The molecule has 0 radical (unpaired) electrons. The number of nitrogens with zero attached hydrogens (tertiary/aromatic N) is 3. The Morgan fingerprint density at radius 3 is 2.21 bits per heavy atom. The van der Waals surface area contributed by atoms with Crippen LogP contribution in [0.5, 0.6) is 0 Å². The lowest BCUT2D eigenvalue weighted by molar-refractivity contribution is 0.0913. The van der Waals surface area contributed by atoms with Crippen LogP contribution in [0.3, 0.4) is 0 Å². The van der Waals surface area contributed by atoms with Crippen LogP contribution in [0, 0.1) is 0 Å². The first kappa shape index (κ1) is 24.0. The number of ether oxygens (including phenoxy) is 1. The van der Waals surface area contributed by atoms with Crippen LogP contribution in [0.1, 0.15) is 29.8 Å². The van der Waals surface area contributed by atoms with Crippen LogP contribution in [0.15, 0.2) is 29.3 Å². The summed E-state index contributed by atoms with van der Waals surface area (Å²) in [7, 11) is 1.62. The van der Waals surface area contributed by atoms with Gasteiger partial charge in [-0.1, -0.05) is 12.1 Å². The molecule has 0 aromatic heterocycles. The van der Waals surface area contributed by atoms with Gasteiger partial charge in [-0.25, -0.2) is 9.79 Å². The van der Waals surface area contributed by atoms with Crippen molar-refractivity contribution in [2.24, 2.45) is 4.99 Å². The van der Waals surface area contributed by atoms with Gasteiger partial charge < -0.3 is 25.2 Å². The first-order valence-corrected chi connectivity index (χ1v) is 9.35. The highest BCUT2D eigenvalue weighted by Gasteiger charge is 2.23. The normalized spacial score (nSPS) is 14.2. The summed E-state index contributed by atoms with van der Waals surface area (Å²) in [6, 6.07) is 7.43. The second-order valence-electron chi connectivity index (χ2n) is 6.12. The van der Waals surface area contributed by atoms with Gasteiger partial charge in [0, 0.05) is 45.3 Å². The van der Waals surface area contributed by atoms with E-state index in [4.69, 9.17) is 9.73 Å². The molecule has 1 aromatic carbocycles. The van der Waals surface area contributed by atoms with Crippen molar-refractivity contribution in [1.29, 1.82) is 0 Å². The first-order valence-electron chi connectivity index (χ1n) is 9.35. The van der Waals surface area contributed by atoms with Gasteiger partial charge in [0.1, 0.15) is 0 Å². The molecule has 156 valence electrons. The number of piperazine rings is 1. The van der Waals surface area contributed by atoms with Crippen LogP contribution < -0.4 is 10.6 Å². The van der Waals surface area contributed by atoms with Gasteiger partial charge in [0.25, 0.3) is 5.91 Å². The fraction of sp³-hybridized carbons (Fsp3) is 0.526. The summed E-state index contributed by atoms with van der Waals surface area (Å²) in [5.74, 6) is 0.731. The first-order chi connectivity index (χ1) is 13.1. The van der Waals surface area contributed by atoms with E-state index >= 15 is 0 Å². The molecule has 1 saturated heterocycles. The predicted octanol–water partition coefficient (Wildman–Crippen LogP) is 1.90. The number of aliphatic imine (C=N–C) groups is 1. The maximum absolute atomic E-state index is 11.8. The van der Waals surface area contributed by atoms with Crippen molar-refractivity contribution in [2.45, 2.75) is 20.4 Å². The molecule has 0 saturated carbocycles. The maximum atomic E-state index is 11.8. The molecule has 2 amide bonds. The summed E-state index contributed by atoms with van der Waals surface area (Å²) >= 11 is 0. The van der Waals surface area contributed by atoms with Crippen molar-refractivity contribution in [2.75, 3.05) is 46.4 Å². The quantitative estimate of drug-likeness (QED) is 0.364. The Morgan fingerprint density at radius 2 is 1.68 bits per heavy atom. The number of amides is 2. The Hall–Kier alpha value is -2.04. The van der Waals surface area contributed by atoms with Gasteiger partial charge in [-0.3, -0.25) is 4.79 Å². The molecule has 9 heteroatoms. The molecule has 0 aliphatic carbocycles. The average Bonchev–Trinajstić information content (AvgIpc) is 2.71. The Morgan fingerprint density at radius 1 is 1.07 bits per heavy atom. The third kappa shape index (κ3) is 6.84. The van der Waals surface area contributed by atoms with Crippen molar-refractivity contribution in [3.8, 4) is 0 Å². The van der Waals surface area contributed by atoms with E-state index in [1.165, 1.54) is 0 Å². The lowest BCUT2D eigenvalue weighted by Crippen LogP contribution is -2.53. The van der Waals surface area contributed by atoms with Crippen molar-refractivity contribution in [1.82, 2.24) is 20.4 Å². The number of carbonyl (C=O) groups is 2. The molecule has 2 N–H and O–H groups in total. The van der Waals surface area contributed by atoms with Gasteiger partial charge in [-0.2, -0.15) is 0 Å². The molecule has 0 spiro atoms. The fourth-order valence-electron chi connectivity index (χ4n) is 2.81. The second kappa shape index (κ2) is 12.4. The highest BCUT2D eigenvalue weighted by atomic mass is 127. The molecule has 1 heterocycles. The molecule has 1 fully saturated rings. The number of benzene rings is 1. The summed E-state index contributed by atoms with van der Waals surface area (Å²) in [6.45, 7) is 8.17. The van der Waals surface area contributed by atoms with Gasteiger partial charge in [0.2, 0.25) is 0 Å². The van der Waals surface area contributed by atoms with E-state index in [1.54, 1.807) is 24.1 Å². The molecule has 0 atom stereocenters. The van der Waals surface area contributed by atoms with E-state index in [2.05, 4.69) is 15.5 Å². The van der Waals surface area contributed by atoms with Crippen molar-refractivity contribution in [3.05, 3.63) is 35.4 Å². The van der Waals surface area contributed by atoms with Crippen LogP contribution in [-0.4, -0.2) is 74.1 Å². The minimum atomic E-state index is -0.254. The molecule has 1 aliphatic rings. The molecule has 28 heavy (non-hydrogen) atoms. The summed E-state index contributed by atoms with van der Waals surface area (Å²) in [4.78, 5) is 32.0. The predicted molar refractivity (Wildman–Crippen MR) is 120 cm³/mol. The zero-order chi connectivity index (χ0) is 19.6. The van der Waals surface area contributed by atoms with Crippen LogP contribution in [-0.2, 0) is 11.3 Å². The van der Waals surface area contributed by atoms with Gasteiger partial charge in [-0.15, -0.1) is 24.0 Å². The lowest BCUT2D eigenvalue weighted by atomic mass is 10.1. The molecule has 2 rings (SSSR count). The number of carbonyl (C=O) groups excluding carboxylic acids is 2. The number of hydrogen-bond acceptors (Lipinski definition) is 4. The standard InChI is InChI=1S/C19H29N5O3.HI/c1-4-21-18(23-10-12-24(13-11-23)19(26)27-5-2)22-14-15-6-8-16(9-7-15)17(25)20-3;/h6-9H,4-5,10-14H2,1-3H3,(H,20,25)(H,21,22);1H. The highest BCUT2D eigenvalue weighted by Crippen LogP contribution is 2.08. The minimum absolute atomic E-state index is 0. The van der Waals surface area contributed by atoms with Gasteiger partial charge in [0.05, 0.1) is 13.2 Å². The number of nitrogens with one attached hydrogen (secondary N) is 2. The fourth-order valence-corrected chi connectivity index (χ4v) is 2.81. The molecule has 1 aliphatic heterocycles. The number of guanidine groups is 1. The smallest absolute Gasteiger partial charge is 0.409 e. The Bertz CT molecular complexity index is 658. The summed E-state index contributed by atoms with van der Waals surface area (Å²) in [6.07, 6.45) is -0.254. The molecular formula is C19H30IN5O3. The Labute approximate surface area is 183 Å². The maximum Gasteiger partial charge on any atom is 0.409 e. The number of rotatable bonds is 5.